The molecule has 1 aromatic rings. The monoisotopic (exact) mass is 145 g/mol. The van der Waals surface area contributed by atoms with Gasteiger partial charge in [-0.15, -0.1) is 0 Å². The molecular weight excluding hydrogens is 138 g/mol. The molecule has 50 valence electrons. The van der Waals surface area contributed by atoms with Gasteiger partial charge >= 0.3 is 5.97 Å². The fraction of sp³-hybridized carbons (Fsp3) is 0.400. The number of hydrogen-bond donors (Lipinski definition) is 1. The van der Waals surface area contributed by atoms with E-state index in [1.807, 2.05) is 0 Å². The van der Waals surface area contributed by atoms with Crippen LogP contribution in [0.1, 0.15) is 17.4 Å². The molecule has 0 spiro atoms. The van der Waals surface area contributed by atoms with E-state index in [0.29, 0.717) is 12.3 Å². The van der Waals surface area contributed by atoms with Crippen molar-refractivity contribution in [3.8, 4) is 0 Å². The van der Waals surface area contributed by atoms with Crippen LogP contribution in [0, 0.1) is 0 Å². The van der Waals surface area contributed by atoms with E-state index in [0.717, 1.165) is 0 Å². The van der Waals surface area contributed by atoms with Gasteiger partial charge in [0.2, 0.25) is 0 Å². The summed E-state index contributed by atoms with van der Waals surface area (Å²) in [6, 6.07) is 0. The highest BCUT2D eigenvalue weighted by Gasteiger charge is 2.06. The Bertz CT molecular complexity index is 182. The van der Waals surface area contributed by atoms with Gasteiger partial charge in [-0.3, -0.25) is 0 Å². The van der Waals surface area contributed by atoms with E-state index in [1.54, 1.807) is 12.3 Å². The number of rotatable bonds is 2. The Labute approximate surface area is 56.8 Å². The second-order valence-electron chi connectivity index (χ2n) is 1.47. The summed E-state index contributed by atoms with van der Waals surface area (Å²) in [6.45, 7) is 2.22. The van der Waals surface area contributed by atoms with Gasteiger partial charge in [-0.2, -0.15) is 0 Å². The maximum absolute atomic E-state index is 10.7. The van der Waals surface area contributed by atoms with E-state index in [1.165, 1.54) is 11.5 Å². The summed E-state index contributed by atoms with van der Waals surface area (Å²) in [5.41, 5.74) is 0.557. The highest BCUT2D eigenvalue weighted by molar-refractivity contribution is 7.05. The number of H-pyrrole nitrogens is 1. The topological polar surface area (TPSA) is 42.1 Å². The Morgan fingerprint density at radius 3 is 3.00 bits per heavy atom. The van der Waals surface area contributed by atoms with Gasteiger partial charge in [-0.1, -0.05) is 11.5 Å². The standard InChI is InChI=1S/C5H7NO2S/c1-2-8-5(7)4-3-9-6-4/h3,6H,2H2,1H3. The summed E-state index contributed by atoms with van der Waals surface area (Å²) in [6.07, 6.45) is 0. The molecule has 0 aliphatic heterocycles. The number of esters is 1. The number of aromatic nitrogens is 1. The first kappa shape index (κ1) is 6.35. The molecule has 1 aromatic heterocycles. The van der Waals surface area contributed by atoms with Crippen LogP contribution in [0.5, 0.6) is 0 Å². The zero-order valence-corrected chi connectivity index (χ0v) is 5.83. The van der Waals surface area contributed by atoms with Gasteiger partial charge in [0.05, 0.1) is 6.61 Å². The summed E-state index contributed by atoms with van der Waals surface area (Å²) < 4.78 is 7.40. The second kappa shape index (κ2) is 2.68. The summed E-state index contributed by atoms with van der Waals surface area (Å²) in [4.78, 5) is 10.7. The van der Waals surface area contributed by atoms with Crippen LogP contribution in [-0.4, -0.2) is 16.9 Å². The van der Waals surface area contributed by atoms with Crippen molar-refractivity contribution in [2.24, 2.45) is 0 Å². The molecule has 0 atom stereocenters. The molecule has 0 bridgehead atoms. The van der Waals surface area contributed by atoms with Crippen LogP contribution < -0.4 is 0 Å². The van der Waals surface area contributed by atoms with E-state index in [-0.39, 0.29) is 5.97 Å². The molecule has 0 amide bonds. The Morgan fingerprint density at radius 1 is 2.00 bits per heavy atom. The van der Waals surface area contributed by atoms with Gasteiger partial charge in [0.1, 0.15) is 5.69 Å². The number of nitrogens with one attached hydrogen (secondary N) is 1. The molecule has 0 radical (unpaired) electrons. The molecular formula is C5H7NO2S. The zero-order valence-electron chi connectivity index (χ0n) is 5.01. The van der Waals surface area contributed by atoms with E-state index < -0.39 is 0 Å². The highest BCUT2D eigenvalue weighted by atomic mass is 32.1. The molecule has 3 nitrogen and oxygen atoms in total. The lowest BCUT2D eigenvalue weighted by atomic mass is 10.5. The Kier molecular flexibility index (Phi) is 1.89. The van der Waals surface area contributed by atoms with Gasteiger partial charge in [-0.25, -0.2) is 4.79 Å². The summed E-state index contributed by atoms with van der Waals surface area (Å²) in [7, 11) is 0. The van der Waals surface area contributed by atoms with Crippen LogP contribution in [0.4, 0.5) is 0 Å². The van der Waals surface area contributed by atoms with Crippen LogP contribution in [0.15, 0.2) is 5.38 Å². The lowest BCUT2D eigenvalue weighted by Gasteiger charge is -2.01. The minimum Gasteiger partial charge on any atom is -0.461 e. The minimum absolute atomic E-state index is 0.267. The maximum atomic E-state index is 10.7. The predicted molar refractivity (Wildman–Crippen MR) is 34.6 cm³/mol. The minimum atomic E-state index is -0.267. The highest BCUT2D eigenvalue weighted by Crippen LogP contribution is 2.03. The van der Waals surface area contributed by atoms with Crippen LogP contribution in [0.3, 0.4) is 0 Å². The molecule has 0 unspecified atom stereocenters. The average molecular weight is 145 g/mol. The number of carbonyl (C=O) groups is 1. The van der Waals surface area contributed by atoms with Crippen LogP contribution >= 0.6 is 11.5 Å². The molecule has 4 heteroatoms. The Morgan fingerprint density at radius 2 is 2.67 bits per heavy atom. The van der Waals surface area contributed by atoms with Crippen molar-refractivity contribution in [3.05, 3.63) is 11.1 Å². The molecule has 1 heterocycles. The quantitative estimate of drug-likeness (QED) is 0.636. The van der Waals surface area contributed by atoms with E-state index in [9.17, 15) is 4.79 Å². The molecule has 0 aliphatic carbocycles. The van der Waals surface area contributed by atoms with Gasteiger partial charge in [0, 0.05) is 5.38 Å². The average Bonchev–Trinajstić information content (AvgIpc) is 1.60. The molecule has 0 fully saturated rings. The van der Waals surface area contributed by atoms with Crippen molar-refractivity contribution in [2.75, 3.05) is 6.61 Å². The normalized spacial score (nSPS) is 9.44. The molecule has 0 saturated carbocycles. The first-order valence-electron chi connectivity index (χ1n) is 2.63. The third-order valence-electron chi connectivity index (χ3n) is 0.841. The number of carbonyl (C=O) groups excluding carboxylic acids is 1. The van der Waals surface area contributed by atoms with Crippen molar-refractivity contribution in [1.29, 1.82) is 0 Å². The van der Waals surface area contributed by atoms with Crippen molar-refractivity contribution in [1.82, 2.24) is 4.37 Å². The molecule has 0 saturated heterocycles. The lowest BCUT2D eigenvalue weighted by Crippen LogP contribution is -2.06. The second-order valence-corrected chi connectivity index (χ2v) is 2.15. The van der Waals surface area contributed by atoms with Crippen molar-refractivity contribution >= 4 is 17.5 Å². The summed E-state index contributed by atoms with van der Waals surface area (Å²) in [5, 5.41) is 1.72. The predicted octanol–water partition coefficient (Wildman–Crippen LogP) is 1.25. The first-order valence-corrected chi connectivity index (χ1v) is 3.51. The van der Waals surface area contributed by atoms with Crippen molar-refractivity contribution in [2.45, 2.75) is 6.92 Å². The Hall–Kier alpha value is -0.770. The van der Waals surface area contributed by atoms with E-state index in [4.69, 9.17) is 0 Å². The molecule has 0 aromatic carbocycles. The van der Waals surface area contributed by atoms with Gasteiger partial charge in [0.15, 0.2) is 0 Å². The number of ether oxygens (including phenoxy) is 1. The summed E-state index contributed by atoms with van der Waals surface area (Å²) >= 11 is 1.39. The number of hydrogen-bond acceptors (Lipinski definition) is 3. The van der Waals surface area contributed by atoms with Crippen LogP contribution in [0.2, 0.25) is 0 Å². The molecule has 9 heavy (non-hydrogen) atoms. The molecule has 1 N–H and O–H groups in total. The molecule has 1 rings (SSSR count). The Balaban J connectivity index is 2.41. The SMILES string of the molecule is CCOC(=O)c1cs[nH]1. The van der Waals surface area contributed by atoms with Crippen molar-refractivity contribution in [3.63, 3.8) is 0 Å². The van der Waals surface area contributed by atoms with Crippen LogP contribution in [0.25, 0.3) is 0 Å². The van der Waals surface area contributed by atoms with Gasteiger partial charge in [-0.05, 0) is 6.92 Å². The third-order valence-corrected chi connectivity index (χ3v) is 1.53. The van der Waals surface area contributed by atoms with E-state index >= 15 is 0 Å². The number of aromatic amines is 1. The molecule has 0 aliphatic rings. The van der Waals surface area contributed by atoms with Crippen LogP contribution in [-0.2, 0) is 4.74 Å². The zero-order chi connectivity index (χ0) is 6.69. The fourth-order valence-corrected chi connectivity index (χ4v) is 0.832. The van der Waals surface area contributed by atoms with E-state index in [2.05, 4.69) is 9.11 Å². The summed E-state index contributed by atoms with van der Waals surface area (Å²) in [5.74, 6) is -0.267. The van der Waals surface area contributed by atoms with Crippen molar-refractivity contribution < 1.29 is 9.53 Å². The van der Waals surface area contributed by atoms with Gasteiger partial charge < -0.3 is 9.11 Å². The third kappa shape index (κ3) is 1.32. The first-order chi connectivity index (χ1) is 4.34. The fourth-order valence-electron chi connectivity index (χ4n) is 0.416. The van der Waals surface area contributed by atoms with Gasteiger partial charge in [0.25, 0.3) is 0 Å². The maximum Gasteiger partial charge on any atom is 0.356 e. The lowest BCUT2D eigenvalue weighted by molar-refractivity contribution is 0.0520. The largest absolute Gasteiger partial charge is 0.461 e. The smallest absolute Gasteiger partial charge is 0.356 e.